The zero-order valence-electron chi connectivity index (χ0n) is 55.6. The third-order valence-electron chi connectivity index (χ3n) is 12.2. The summed E-state index contributed by atoms with van der Waals surface area (Å²) in [6, 6.07) is 6.51. The van der Waals surface area contributed by atoms with Crippen molar-refractivity contribution in [1.82, 2.24) is 41.0 Å². The monoisotopic (exact) mass is 1370 g/mol. The molecule has 6 N–H and O–H groups in total. The molecule has 0 spiro atoms. The van der Waals surface area contributed by atoms with Gasteiger partial charge in [0.2, 0.25) is 35.3 Å². The van der Waals surface area contributed by atoms with Crippen LogP contribution in [0, 0.1) is 0 Å². The highest BCUT2D eigenvalue weighted by atomic mass is 16.6. The van der Waals surface area contributed by atoms with E-state index < -0.39 is 0 Å². The van der Waals surface area contributed by atoms with E-state index in [1.165, 1.54) is 12.4 Å². The van der Waals surface area contributed by atoms with Crippen LogP contribution in [0.25, 0.3) is 23.0 Å². The van der Waals surface area contributed by atoms with Gasteiger partial charge in [-0.3, -0.25) is 29.1 Å². The highest BCUT2D eigenvalue weighted by molar-refractivity contribution is 5.91. The molecule has 34 nitrogen and oxygen atoms in total. The molecular weight excluding hydrogens is 1270 g/mol. The molecule has 0 bridgehead atoms. The molecule has 96 heavy (non-hydrogen) atoms. The Bertz CT molecular complexity index is 2140. The quantitative estimate of drug-likeness (QED) is 0.0409. The molecule has 4 amide bonds. The normalized spacial score (nSPS) is 11.4. The van der Waals surface area contributed by atoms with Gasteiger partial charge in [-0.25, -0.2) is 0 Å². The summed E-state index contributed by atoms with van der Waals surface area (Å²) in [5.74, 6) is -0.619. The van der Waals surface area contributed by atoms with Crippen molar-refractivity contribution in [2.45, 2.75) is 38.5 Å². The molecule has 0 aromatic carbocycles. The second-order valence-corrected chi connectivity index (χ2v) is 19.9. The van der Waals surface area contributed by atoms with Crippen molar-refractivity contribution in [3.05, 3.63) is 36.7 Å². The minimum absolute atomic E-state index is 0.00449. The summed E-state index contributed by atoms with van der Waals surface area (Å²) in [6.07, 6.45) is 4.22. The van der Waals surface area contributed by atoms with Crippen molar-refractivity contribution in [3.8, 4) is 23.0 Å². The number of aliphatic hydroxyl groups excluding tert-OH is 2. The van der Waals surface area contributed by atoms with Crippen LogP contribution in [0.1, 0.15) is 38.5 Å². The average Bonchev–Trinajstić information content (AvgIpc) is 1.25. The van der Waals surface area contributed by atoms with E-state index in [0.29, 0.717) is 287 Å². The maximum Gasteiger partial charge on any atom is 0.224 e. The SMILES string of the molecule is O=C(CCCC(=O)Nc1ccc(-c2nnc(-c3ccc(NC(=O)CCCC(=O)NCCOCCOCCOCCOCCOCCOCCOCCOCCOCCO)cn3)nn2)nc1)NCCOCCOCCOCCOCCOCCOCCOCCOCCOCCO. The minimum Gasteiger partial charge on any atom is -0.394 e. The lowest BCUT2D eigenvalue weighted by molar-refractivity contribution is -0.123. The molecular formula is C62H104N10O24. The van der Waals surface area contributed by atoms with Gasteiger partial charge in [-0.2, -0.15) is 0 Å². The summed E-state index contributed by atoms with van der Waals surface area (Å²) >= 11 is 0. The van der Waals surface area contributed by atoms with Crippen LogP contribution in [0.2, 0.25) is 0 Å². The van der Waals surface area contributed by atoms with Crippen LogP contribution in [-0.2, 0) is 104 Å². The van der Waals surface area contributed by atoms with Gasteiger partial charge in [-0.1, -0.05) is 0 Å². The lowest BCUT2D eigenvalue weighted by Crippen LogP contribution is -2.27. The number of nitrogens with zero attached hydrogens (tertiary/aromatic N) is 6. The first-order valence-corrected chi connectivity index (χ1v) is 32.6. The first-order valence-electron chi connectivity index (χ1n) is 32.6. The first-order chi connectivity index (χ1) is 47.4. The Kier molecular flexibility index (Phi) is 56.4. The van der Waals surface area contributed by atoms with Gasteiger partial charge in [0.1, 0.15) is 11.4 Å². The van der Waals surface area contributed by atoms with E-state index in [-0.39, 0.29) is 74.2 Å². The molecule has 3 heterocycles. The van der Waals surface area contributed by atoms with Crippen LogP contribution in [0.4, 0.5) is 11.4 Å². The Morgan fingerprint density at radius 2 is 0.490 bits per heavy atom. The fourth-order valence-corrected chi connectivity index (χ4v) is 7.45. The van der Waals surface area contributed by atoms with Crippen molar-refractivity contribution in [2.75, 3.05) is 275 Å². The molecule has 546 valence electrons. The van der Waals surface area contributed by atoms with Gasteiger partial charge in [0.25, 0.3) is 0 Å². The van der Waals surface area contributed by atoms with Gasteiger partial charge in [0, 0.05) is 38.8 Å². The Labute approximate surface area is 562 Å². The van der Waals surface area contributed by atoms with Crippen molar-refractivity contribution < 1.29 is 115 Å². The molecule has 0 atom stereocenters. The fourth-order valence-electron chi connectivity index (χ4n) is 7.45. The molecule has 3 aromatic heterocycles. The number of nitrogens with one attached hydrogen (secondary N) is 4. The van der Waals surface area contributed by atoms with E-state index in [0.717, 1.165) is 0 Å². The van der Waals surface area contributed by atoms with Crippen LogP contribution >= 0.6 is 0 Å². The second-order valence-electron chi connectivity index (χ2n) is 19.9. The number of carbonyl (C=O) groups is 4. The Morgan fingerprint density at radius 3 is 0.698 bits per heavy atom. The van der Waals surface area contributed by atoms with Gasteiger partial charge in [0.15, 0.2) is 0 Å². The largest absolute Gasteiger partial charge is 0.394 e. The fraction of sp³-hybridized carbons (Fsp3) is 0.742. The van der Waals surface area contributed by atoms with Crippen molar-refractivity contribution in [2.24, 2.45) is 0 Å². The topological polar surface area (TPSA) is 400 Å². The second kappa shape index (κ2) is 64.0. The van der Waals surface area contributed by atoms with E-state index in [9.17, 15) is 19.2 Å². The van der Waals surface area contributed by atoms with Crippen LogP contribution < -0.4 is 21.3 Å². The molecule has 0 saturated heterocycles. The molecule has 0 unspecified atom stereocenters. The highest BCUT2D eigenvalue weighted by Gasteiger charge is 2.13. The number of aliphatic hydroxyl groups is 2. The van der Waals surface area contributed by atoms with E-state index in [2.05, 4.69) is 51.6 Å². The van der Waals surface area contributed by atoms with Crippen LogP contribution in [0.15, 0.2) is 36.7 Å². The van der Waals surface area contributed by atoms with E-state index >= 15 is 0 Å². The Balaban J connectivity index is 1.05. The average molecular weight is 1370 g/mol. The summed E-state index contributed by atoms with van der Waals surface area (Å²) in [6.45, 7) is 16.2. The van der Waals surface area contributed by atoms with Gasteiger partial charge in [-0.15, -0.1) is 20.4 Å². The van der Waals surface area contributed by atoms with Crippen molar-refractivity contribution in [3.63, 3.8) is 0 Å². The summed E-state index contributed by atoms with van der Waals surface area (Å²) in [7, 11) is 0. The number of rotatable bonds is 70. The molecule has 0 aliphatic heterocycles. The summed E-state index contributed by atoms with van der Waals surface area (Å²) in [5, 5.41) is 44.9. The van der Waals surface area contributed by atoms with Crippen molar-refractivity contribution in [1.29, 1.82) is 0 Å². The molecule has 3 rings (SSSR count). The van der Waals surface area contributed by atoms with Crippen molar-refractivity contribution >= 4 is 35.0 Å². The predicted octanol–water partition coefficient (Wildman–Crippen LogP) is 0.124. The van der Waals surface area contributed by atoms with Gasteiger partial charge in [-0.05, 0) is 37.1 Å². The molecule has 0 aliphatic rings. The number of amides is 4. The summed E-state index contributed by atoms with van der Waals surface area (Å²) < 4.78 is 97.6. The van der Waals surface area contributed by atoms with E-state index in [4.69, 9.17) is 95.5 Å². The minimum atomic E-state index is -0.273. The molecule has 3 aromatic rings. The number of aromatic nitrogens is 6. The third-order valence-corrected chi connectivity index (χ3v) is 12.2. The summed E-state index contributed by atoms with van der Waals surface area (Å²) in [5.41, 5.74) is 1.64. The van der Waals surface area contributed by atoms with E-state index in [1.807, 2.05) is 0 Å². The van der Waals surface area contributed by atoms with Crippen LogP contribution in [-0.4, -0.2) is 328 Å². The molecule has 0 aliphatic carbocycles. The number of anilines is 2. The lowest BCUT2D eigenvalue weighted by Gasteiger charge is -2.09. The molecule has 0 fully saturated rings. The molecule has 0 saturated carbocycles. The summed E-state index contributed by atoms with van der Waals surface area (Å²) in [4.78, 5) is 58.3. The third kappa shape index (κ3) is 51.5. The maximum absolute atomic E-state index is 12.6. The predicted molar refractivity (Wildman–Crippen MR) is 344 cm³/mol. The van der Waals surface area contributed by atoms with Crippen LogP contribution in [0.3, 0.4) is 0 Å². The van der Waals surface area contributed by atoms with E-state index in [1.54, 1.807) is 24.3 Å². The number of hydrogen-bond acceptors (Lipinski definition) is 30. The maximum atomic E-state index is 12.6. The lowest BCUT2D eigenvalue weighted by atomic mass is 10.2. The van der Waals surface area contributed by atoms with Gasteiger partial charge in [0.05, 0.1) is 275 Å². The Morgan fingerprint density at radius 1 is 0.281 bits per heavy atom. The van der Waals surface area contributed by atoms with Gasteiger partial charge >= 0.3 is 0 Å². The number of ether oxygens (including phenoxy) is 18. The highest BCUT2D eigenvalue weighted by Crippen LogP contribution is 2.17. The molecule has 34 heteroatoms. The van der Waals surface area contributed by atoms with Gasteiger partial charge < -0.3 is 117 Å². The smallest absolute Gasteiger partial charge is 0.224 e. The first kappa shape index (κ1) is 84.5. The number of pyridine rings is 2. The number of carbonyl (C=O) groups excluding carboxylic acids is 4. The zero-order chi connectivity index (χ0) is 68.3. The molecule has 0 radical (unpaired) electrons. The number of hydrogen-bond donors (Lipinski definition) is 6. The van der Waals surface area contributed by atoms with Crippen LogP contribution in [0.5, 0.6) is 0 Å². The zero-order valence-corrected chi connectivity index (χ0v) is 55.6. The standard InChI is InChI=1S/C62H104N10O24/c73-13-17-81-21-25-85-29-33-89-37-41-93-45-49-95-47-43-91-39-35-87-31-27-83-23-19-79-15-11-63-57(75)3-1-5-59(77)67-53-7-9-55(65-51-53)61-69-71-62(72-70-61)56-10-8-54(52-66-56)68-60(78)6-2-4-58(76)64-12-16-80-20-24-84-28-32-88-36-40-92-44-48-96-50-46-94-42-38-90-34-30-86-26-22-82-18-14-74/h7-10,51-52,73-74H,1-6,11-50H2,(H,63,75)(H,64,76)(H,67,77)(H,68,78). The Hall–Kier alpha value is -5.68.